The van der Waals surface area contributed by atoms with Crippen LogP contribution in [0.2, 0.25) is 0 Å². The van der Waals surface area contributed by atoms with Crippen LogP contribution in [0.25, 0.3) is 11.6 Å². The summed E-state index contributed by atoms with van der Waals surface area (Å²) in [5.74, 6) is 0.680. The summed E-state index contributed by atoms with van der Waals surface area (Å²) in [6.45, 7) is 7.42. The Morgan fingerprint density at radius 1 is 1.12 bits per heavy atom. The summed E-state index contributed by atoms with van der Waals surface area (Å²) in [5, 5.41) is 0. The second kappa shape index (κ2) is 6.75. The highest BCUT2D eigenvalue weighted by Gasteiger charge is 2.28. The van der Waals surface area contributed by atoms with Gasteiger partial charge in [0.05, 0.1) is 19.3 Å². The molecule has 2 aromatic carbocycles. The maximum Gasteiger partial charge on any atom is 0.337 e. The molecule has 0 N–H and O–H groups in total. The molecule has 0 radical (unpaired) electrons. The Bertz CT molecular complexity index is 814. The zero-order chi connectivity index (χ0) is 18.0. The van der Waals surface area contributed by atoms with Crippen LogP contribution in [0.4, 0.5) is 0 Å². The van der Waals surface area contributed by atoms with Gasteiger partial charge in [0.2, 0.25) is 0 Å². The quantitative estimate of drug-likeness (QED) is 0.578. The maximum absolute atomic E-state index is 11.5. The first-order valence-electron chi connectivity index (χ1n) is 8.55. The van der Waals surface area contributed by atoms with Crippen LogP contribution in [-0.4, -0.2) is 19.7 Å². The van der Waals surface area contributed by atoms with E-state index in [-0.39, 0.29) is 11.4 Å². The fraction of sp³-hybridized carbons (Fsp3) is 0.318. The zero-order valence-corrected chi connectivity index (χ0v) is 15.3. The van der Waals surface area contributed by atoms with Crippen molar-refractivity contribution in [1.82, 2.24) is 0 Å². The molecule has 0 spiro atoms. The first-order chi connectivity index (χ1) is 11.9. The van der Waals surface area contributed by atoms with Gasteiger partial charge in [-0.15, -0.1) is 0 Å². The second-order valence-electron chi connectivity index (χ2n) is 7.13. The summed E-state index contributed by atoms with van der Waals surface area (Å²) in [5.41, 5.74) is 5.38. The van der Waals surface area contributed by atoms with Gasteiger partial charge in [0, 0.05) is 5.56 Å². The number of methoxy groups -OCH3 is 1. The van der Waals surface area contributed by atoms with Crippen molar-refractivity contribution >= 4 is 17.6 Å². The summed E-state index contributed by atoms with van der Waals surface area (Å²) in [6.07, 6.45) is 3.15. The molecule has 3 rings (SSSR count). The molecule has 3 nitrogen and oxygen atoms in total. The molecule has 0 saturated heterocycles. The molecule has 0 saturated carbocycles. The van der Waals surface area contributed by atoms with Crippen LogP contribution in [-0.2, 0) is 10.2 Å². The van der Waals surface area contributed by atoms with Gasteiger partial charge in [0.15, 0.2) is 0 Å². The zero-order valence-electron chi connectivity index (χ0n) is 15.3. The number of allylic oxidation sites excluding steroid dienone is 1. The van der Waals surface area contributed by atoms with E-state index in [1.807, 2.05) is 12.1 Å². The number of rotatable bonds is 3. The first kappa shape index (κ1) is 17.3. The predicted octanol–water partition coefficient (Wildman–Crippen LogP) is 5.09. The molecular weight excluding hydrogens is 312 g/mol. The Balaban J connectivity index is 1.89. The molecule has 1 aliphatic rings. The molecule has 2 aromatic rings. The van der Waals surface area contributed by atoms with E-state index >= 15 is 0 Å². The van der Waals surface area contributed by atoms with Crippen molar-refractivity contribution in [2.24, 2.45) is 0 Å². The number of hydrogen-bond acceptors (Lipinski definition) is 3. The van der Waals surface area contributed by atoms with Crippen LogP contribution in [0.15, 0.2) is 42.5 Å². The van der Waals surface area contributed by atoms with Crippen molar-refractivity contribution in [1.29, 1.82) is 0 Å². The van der Waals surface area contributed by atoms with E-state index in [4.69, 9.17) is 9.47 Å². The molecule has 0 fully saturated rings. The summed E-state index contributed by atoms with van der Waals surface area (Å²) < 4.78 is 10.5. The van der Waals surface area contributed by atoms with Gasteiger partial charge in [-0.3, -0.25) is 0 Å². The van der Waals surface area contributed by atoms with Crippen molar-refractivity contribution in [3.05, 3.63) is 64.7 Å². The molecule has 3 heteroatoms. The van der Waals surface area contributed by atoms with Crippen molar-refractivity contribution < 1.29 is 14.3 Å². The lowest BCUT2D eigenvalue weighted by atomic mass is 9.79. The van der Waals surface area contributed by atoms with Gasteiger partial charge in [0.25, 0.3) is 0 Å². The van der Waals surface area contributed by atoms with Gasteiger partial charge in [-0.2, -0.15) is 0 Å². The molecule has 0 aliphatic carbocycles. The maximum atomic E-state index is 11.5. The Hall–Kier alpha value is -2.55. The highest BCUT2D eigenvalue weighted by molar-refractivity contribution is 5.90. The Morgan fingerprint density at radius 2 is 1.80 bits per heavy atom. The van der Waals surface area contributed by atoms with Gasteiger partial charge >= 0.3 is 5.97 Å². The fourth-order valence-electron chi connectivity index (χ4n) is 3.15. The van der Waals surface area contributed by atoms with Crippen LogP contribution in [0.1, 0.15) is 54.2 Å². The van der Waals surface area contributed by atoms with Crippen LogP contribution < -0.4 is 4.74 Å². The smallest absolute Gasteiger partial charge is 0.337 e. The molecule has 130 valence electrons. The topological polar surface area (TPSA) is 35.5 Å². The van der Waals surface area contributed by atoms with Gasteiger partial charge in [0.1, 0.15) is 5.75 Å². The third-order valence-electron chi connectivity index (χ3n) is 4.86. The summed E-state index contributed by atoms with van der Waals surface area (Å²) >= 11 is 0. The molecule has 0 amide bonds. The lowest BCUT2D eigenvalue weighted by Gasteiger charge is -2.32. The minimum Gasteiger partial charge on any atom is -0.493 e. The van der Waals surface area contributed by atoms with Crippen LogP contribution in [0.5, 0.6) is 5.75 Å². The summed E-state index contributed by atoms with van der Waals surface area (Å²) in [6, 6.07) is 13.9. The van der Waals surface area contributed by atoms with E-state index in [9.17, 15) is 4.79 Å². The van der Waals surface area contributed by atoms with Crippen molar-refractivity contribution in [2.45, 2.75) is 32.6 Å². The Morgan fingerprint density at radius 3 is 2.48 bits per heavy atom. The van der Waals surface area contributed by atoms with Gasteiger partial charge in [-0.1, -0.05) is 38.1 Å². The van der Waals surface area contributed by atoms with Gasteiger partial charge in [-0.05, 0) is 59.7 Å². The van der Waals surface area contributed by atoms with E-state index in [0.29, 0.717) is 5.56 Å². The largest absolute Gasteiger partial charge is 0.493 e. The molecule has 0 atom stereocenters. The molecule has 1 aliphatic heterocycles. The third kappa shape index (κ3) is 3.60. The van der Waals surface area contributed by atoms with Crippen molar-refractivity contribution in [3.8, 4) is 5.75 Å². The van der Waals surface area contributed by atoms with Crippen molar-refractivity contribution in [2.75, 3.05) is 13.7 Å². The van der Waals surface area contributed by atoms with E-state index in [1.165, 1.54) is 23.8 Å². The molecule has 1 heterocycles. The van der Waals surface area contributed by atoms with E-state index in [2.05, 4.69) is 45.0 Å². The average molecular weight is 336 g/mol. The number of hydrogen-bond donors (Lipinski definition) is 0. The van der Waals surface area contributed by atoms with Crippen LogP contribution in [0.3, 0.4) is 0 Å². The predicted molar refractivity (Wildman–Crippen MR) is 101 cm³/mol. The second-order valence-corrected chi connectivity index (χ2v) is 7.13. The third-order valence-corrected chi connectivity index (χ3v) is 4.86. The molecule has 0 bridgehead atoms. The number of fused-ring (bicyclic) bond motifs is 1. The number of carbonyl (C=O) groups excluding carboxylic acids is 1. The van der Waals surface area contributed by atoms with E-state index in [0.717, 1.165) is 24.3 Å². The molecule has 25 heavy (non-hydrogen) atoms. The normalized spacial score (nSPS) is 15.9. The van der Waals surface area contributed by atoms with E-state index < -0.39 is 0 Å². The molecular formula is C22H24O3. The summed E-state index contributed by atoms with van der Waals surface area (Å²) in [7, 11) is 1.39. The van der Waals surface area contributed by atoms with Gasteiger partial charge in [-0.25, -0.2) is 4.79 Å². The Kier molecular flexibility index (Phi) is 4.67. The number of benzene rings is 2. The number of carbonyl (C=O) groups is 1. The number of ether oxygens (including phenoxy) is 2. The fourth-order valence-corrected chi connectivity index (χ4v) is 3.15. The monoisotopic (exact) mass is 336 g/mol. The lowest BCUT2D eigenvalue weighted by Crippen LogP contribution is -2.26. The van der Waals surface area contributed by atoms with Gasteiger partial charge < -0.3 is 9.47 Å². The summed E-state index contributed by atoms with van der Waals surface area (Å²) in [4.78, 5) is 11.5. The Labute approximate surface area is 149 Å². The molecule has 0 unspecified atom stereocenters. The SMILES string of the molecule is COC(=O)c1ccc(/C=C(\C)c2ccc3c(c2)C(C)(C)CCO3)cc1. The first-order valence-corrected chi connectivity index (χ1v) is 8.55. The van der Waals surface area contributed by atoms with Crippen molar-refractivity contribution in [3.63, 3.8) is 0 Å². The number of esters is 1. The van der Waals surface area contributed by atoms with Crippen LogP contribution in [0, 0.1) is 0 Å². The molecule has 0 aromatic heterocycles. The standard InChI is InChI=1S/C22H24O3/c1-15(13-16-5-7-17(8-6-16)21(23)24-4)18-9-10-20-19(14-18)22(2,3)11-12-25-20/h5-10,13-14H,11-12H2,1-4H3/b15-13+. The minimum absolute atomic E-state index is 0.131. The average Bonchev–Trinajstić information content (AvgIpc) is 2.61. The van der Waals surface area contributed by atoms with Crippen LogP contribution >= 0.6 is 0 Å². The highest BCUT2D eigenvalue weighted by Crippen LogP contribution is 2.39. The lowest BCUT2D eigenvalue weighted by molar-refractivity contribution is 0.0600. The highest BCUT2D eigenvalue weighted by atomic mass is 16.5. The van der Waals surface area contributed by atoms with E-state index in [1.54, 1.807) is 12.1 Å². The minimum atomic E-state index is -0.316.